The predicted octanol–water partition coefficient (Wildman–Crippen LogP) is 4.77. The zero-order valence-electron chi connectivity index (χ0n) is 17.4. The minimum atomic E-state index is -0.391. The number of pyridine rings is 2. The van der Waals surface area contributed by atoms with Crippen LogP contribution >= 0.6 is 0 Å². The molecular formula is C24H16FN7O. The number of fused-ring (bicyclic) bond motifs is 2. The van der Waals surface area contributed by atoms with Crippen LogP contribution in [-0.2, 0) is 0 Å². The Labute approximate surface area is 186 Å². The molecule has 5 aromatic heterocycles. The Morgan fingerprint density at radius 1 is 0.879 bits per heavy atom. The average Bonchev–Trinajstić information content (AvgIpc) is 3.47. The molecule has 0 spiro atoms. The molecule has 33 heavy (non-hydrogen) atoms. The lowest BCUT2D eigenvalue weighted by Gasteiger charge is -2.06. The van der Waals surface area contributed by atoms with E-state index in [1.54, 1.807) is 30.9 Å². The van der Waals surface area contributed by atoms with Crippen LogP contribution in [0.25, 0.3) is 56.0 Å². The first-order chi connectivity index (χ1) is 16.2. The summed E-state index contributed by atoms with van der Waals surface area (Å²) < 4.78 is 19.4. The number of nitrogens with zero attached hydrogens (tertiary/aromatic N) is 5. The number of rotatable bonds is 4. The molecule has 2 N–H and O–H groups in total. The molecule has 6 rings (SSSR count). The van der Waals surface area contributed by atoms with Crippen molar-refractivity contribution < 1.29 is 9.13 Å². The average molecular weight is 437 g/mol. The number of aromatic nitrogens is 7. The normalized spacial score (nSPS) is 11.3. The van der Waals surface area contributed by atoms with Crippen molar-refractivity contribution in [2.75, 3.05) is 7.11 Å². The second-order valence-corrected chi connectivity index (χ2v) is 7.44. The van der Waals surface area contributed by atoms with Gasteiger partial charge in [0.1, 0.15) is 28.5 Å². The van der Waals surface area contributed by atoms with Crippen molar-refractivity contribution in [1.29, 1.82) is 0 Å². The molecule has 0 saturated carbocycles. The summed E-state index contributed by atoms with van der Waals surface area (Å²) in [5.74, 6) is 0.0385. The molecule has 8 nitrogen and oxygen atoms in total. The lowest BCUT2D eigenvalue weighted by atomic mass is 10.1. The standard InChI is InChI=1S/C24H16FN7O/c1-33-15-9-13(8-14(25)10-15)22-16-11-20(29-17(16)4-5-28-22)24-23-19(31-32-24)3-2-18(30-23)21-12-26-6-7-27-21/h2-12,29H,1H3,(H,31,32). The summed E-state index contributed by atoms with van der Waals surface area (Å²) >= 11 is 0. The van der Waals surface area contributed by atoms with Crippen LogP contribution in [0.3, 0.4) is 0 Å². The molecule has 0 fully saturated rings. The van der Waals surface area contributed by atoms with Crippen LogP contribution in [0, 0.1) is 5.82 Å². The maximum absolute atomic E-state index is 14.1. The summed E-state index contributed by atoms with van der Waals surface area (Å²) in [7, 11) is 1.51. The molecule has 0 atom stereocenters. The molecule has 0 radical (unpaired) electrons. The number of ether oxygens (including phenoxy) is 1. The maximum atomic E-state index is 14.1. The van der Waals surface area contributed by atoms with Gasteiger partial charge < -0.3 is 9.72 Å². The molecular weight excluding hydrogens is 421 g/mol. The fraction of sp³-hybridized carbons (Fsp3) is 0.0417. The quantitative estimate of drug-likeness (QED) is 0.411. The molecule has 6 aromatic rings. The van der Waals surface area contributed by atoms with Crippen LogP contribution in [0.2, 0.25) is 0 Å². The third-order valence-corrected chi connectivity index (χ3v) is 5.42. The van der Waals surface area contributed by atoms with Crippen molar-refractivity contribution in [1.82, 2.24) is 35.1 Å². The van der Waals surface area contributed by atoms with Gasteiger partial charge in [0.2, 0.25) is 0 Å². The van der Waals surface area contributed by atoms with E-state index in [0.717, 1.165) is 22.1 Å². The van der Waals surface area contributed by atoms with Gasteiger partial charge >= 0.3 is 0 Å². The van der Waals surface area contributed by atoms with E-state index in [1.165, 1.54) is 19.2 Å². The molecule has 0 amide bonds. The van der Waals surface area contributed by atoms with Gasteiger partial charge in [-0.1, -0.05) is 0 Å². The summed E-state index contributed by atoms with van der Waals surface area (Å²) in [6.07, 6.45) is 6.60. The largest absolute Gasteiger partial charge is 0.497 e. The van der Waals surface area contributed by atoms with E-state index in [0.29, 0.717) is 39.6 Å². The van der Waals surface area contributed by atoms with Crippen LogP contribution in [0.15, 0.2) is 67.3 Å². The van der Waals surface area contributed by atoms with Crippen molar-refractivity contribution >= 4 is 21.9 Å². The first-order valence-electron chi connectivity index (χ1n) is 10.1. The fourth-order valence-corrected chi connectivity index (χ4v) is 3.89. The molecule has 1 aromatic carbocycles. The second kappa shape index (κ2) is 7.49. The molecule has 160 valence electrons. The van der Waals surface area contributed by atoms with E-state index in [4.69, 9.17) is 9.72 Å². The highest BCUT2D eigenvalue weighted by Gasteiger charge is 2.17. The molecule has 5 heterocycles. The first kappa shape index (κ1) is 19.1. The zero-order chi connectivity index (χ0) is 22.4. The Morgan fingerprint density at radius 3 is 2.67 bits per heavy atom. The molecule has 0 aliphatic rings. The number of H-pyrrole nitrogens is 2. The van der Waals surface area contributed by atoms with Gasteiger partial charge in [0.05, 0.1) is 35.9 Å². The molecule has 9 heteroatoms. The minimum Gasteiger partial charge on any atom is -0.497 e. The lowest BCUT2D eigenvalue weighted by molar-refractivity contribution is 0.411. The topological polar surface area (TPSA) is 105 Å². The third-order valence-electron chi connectivity index (χ3n) is 5.42. The minimum absolute atomic E-state index is 0.391. The highest BCUT2D eigenvalue weighted by Crippen LogP contribution is 2.34. The van der Waals surface area contributed by atoms with Gasteiger partial charge in [0.25, 0.3) is 0 Å². The van der Waals surface area contributed by atoms with Crippen LogP contribution in [0.5, 0.6) is 5.75 Å². The summed E-state index contributed by atoms with van der Waals surface area (Å²) in [5.41, 5.74) is 6.40. The number of benzene rings is 1. The highest BCUT2D eigenvalue weighted by atomic mass is 19.1. The van der Waals surface area contributed by atoms with Gasteiger partial charge in [-0.25, -0.2) is 9.37 Å². The van der Waals surface area contributed by atoms with Gasteiger partial charge in [-0.2, -0.15) is 5.10 Å². The SMILES string of the molecule is COc1cc(F)cc(-c2nccc3[nH]c(-c4n[nH]c5ccc(-c6cnccn6)nc45)cc23)c1. The second-order valence-electron chi connectivity index (χ2n) is 7.44. The molecule has 0 aliphatic heterocycles. The monoisotopic (exact) mass is 437 g/mol. The molecule has 0 aliphatic carbocycles. The van der Waals surface area contributed by atoms with Gasteiger partial charge in [0, 0.05) is 41.1 Å². The Morgan fingerprint density at radius 2 is 1.82 bits per heavy atom. The van der Waals surface area contributed by atoms with E-state index in [-0.39, 0.29) is 0 Å². The summed E-state index contributed by atoms with van der Waals surface area (Å²) in [5, 5.41) is 8.35. The third kappa shape index (κ3) is 3.26. The van der Waals surface area contributed by atoms with E-state index in [1.807, 2.05) is 24.3 Å². The van der Waals surface area contributed by atoms with E-state index in [9.17, 15) is 4.39 Å². The Hall–Kier alpha value is -4.66. The van der Waals surface area contributed by atoms with Crippen LogP contribution in [0.1, 0.15) is 0 Å². The van der Waals surface area contributed by atoms with E-state index < -0.39 is 5.82 Å². The van der Waals surface area contributed by atoms with Crippen molar-refractivity contribution in [3.05, 3.63) is 73.1 Å². The number of hydrogen-bond acceptors (Lipinski definition) is 6. The predicted molar refractivity (Wildman–Crippen MR) is 122 cm³/mol. The van der Waals surface area contributed by atoms with Crippen molar-refractivity contribution in [3.8, 4) is 39.8 Å². The van der Waals surface area contributed by atoms with Crippen molar-refractivity contribution in [2.24, 2.45) is 0 Å². The smallest absolute Gasteiger partial charge is 0.135 e. The molecule has 0 bridgehead atoms. The van der Waals surface area contributed by atoms with Gasteiger partial charge in [0.15, 0.2) is 0 Å². The first-order valence-corrected chi connectivity index (χ1v) is 10.1. The van der Waals surface area contributed by atoms with Gasteiger partial charge in [-0.05, 0) is 36.4 Å². The van der Waals surface area contributed by atoms with Gasteiger partial charge in [-0.3, -0.25) is 20.1 Å². The number of nitrogens with one attached hydrogen (secondary N) is 2. The van der Waals surface area contributed by atoms with Crippen molar-refractivity contribution in [2.45, 2.75) is 0 Å². The van der Waals surface area contributed by atoms with Crippen molar-refractivity contribution in [3.63, 3.8) is 0 Å². The summed E-state index contributed by atoms with van der Waals surface area (Å²) in [6, 6.07) is 12.1. The fourth-order valence-electron chi connectivity index (χ4n) is 3.89. The van der Waals surface area contributed by atoms with Crippen LogP contribution in [-0.4, -0.2) is 42.2 Å². The maximum Gasteiger partial charge on any atom is 0.135 e. The highest BCUT2D eigenvalue weighted by molar-refractivity contribution is 5.99. The Balaban J connectivity index is 1.50. The number of hydrogen-bond donors (Lipinski definition) is 2. The van der Waals surface area contributed by atoms with E-state index in [2.05, 4.69) is 30.1 Å². The van der Waals surface area contributed by atoms with E-state index >= 15 is 0 Å². The Bertz CT molecular complexity index is 1620. The molecule has 0 saturated heterocycles. The number of aromatic amines is 2. The Kier molecular flexibility index (Phi) is 4.32. The zero-order valence-corrected chi connectivity index (χ0v) is 17.4. The van der Waals surface area contributed by atoms with Gasteiger partial charge in [-0.15, -0.1) is 0 Å². The number of methoxy groups -OCH3 is 1. The molecule has 0 unspecified atom stereocenters. The van der Waals surface area contributed by atoms with Crippen LogP contribution in [0.4, 0.5) is 4.39 Å². The summed E-state index contributed by atoms with van der Waals surface area (Å²) in [4.78, 5) is 21.1. The number of halogens is 1. The van der Waals surface area contributed by atoms with Crippen LogP contribution < -0.4 is 4.74 Å². The summed E-state index contributed by atoms with van der Waals surface area (Å²) in [6.45, 7) is 0. The lowest BCUT2D eigenvalue weighted by Crippen LogP contribution is -1.89.